The summed E-state index contributed by atoms with van der Waals surface area (Å²) in [5, 5.41) is 11.7. The molecule has 0 spiro atoms. The van der Waals surface area contributed by atoms with Gasteiger partial charge in [0.2, 0.25) is 0 Å². The number of hydrogen-bond acceptors (Lipinski definition) is 6. The molecule has 0 aliphatic carbocycles. The number of aliphatic hydroxyl groups excluding tert-OH is 1. The predicted octanol–water partition coefficient (Wildman–Crippen LogP) is 6.41. The third-order valence-electron chi connectivity index (χ3n) is 6.90. The molecule has 7 heteroatoms. The van der Waals surface area contributed by atoms with Crippen LogP contribution in [0.1, 0.15) is 62.9 Å². The number of aliphatic hydroxyl groups is 1. The predicted molar refractivity (Wildman–Crippen MR) is 155 cm³/mol. The third-order valence-corrected chi connectivity index (χ3v) is 6.90. The Balaban J connectivity index is 1.88. The van der Waals surface area contributed by atoms with E-state index in [0.29, 0.717) is 41.6 Å². The fraction of sp³-hybridized carbons (Fsp3) is 0.333. The van der Waals surface area contributed by atoms with Crippen molar-refractivity contribution in [2.24, 2.45) is 0 Å². The first kappa shape index (κ1) is 28.7. The van der Waals surface area contributed by atoms with Crippen molar-refractivity contribution >= 4 is 17.4 Å². The fourth-order valence-electron chi connectivity index (χ4n) is 4.96. The van der Waals surface area contributed by atoms with E-state index in [1.165, 1.54) is 4.90 Å². The highest BCUT2D eigenvalue weighted by Gasteiger charge is 2.46. The molecule has 0 aromatic heterocycles. The topological polar surface area (TPSA) is 85.3 Å². The maximum absolute atomic E-state index is 13.6. The van der Waals surface area contributed by atoms with Crippen molar-refractivity contribution in [1.29, 1.82) is 0 Å². The molecule has 1 aliphatic heterocycles. The molecule has 3 aromatic rings. The van der Waals surface area contributed by atoms with Crippen molar-refractivity contribution in [3.63, 3.8) is 0 Å². The second kappa shape index (κ2) is 11.9. The summed E-state index contributed by atoms with van der Waals surface area (Å²) in [5.74, 6) is 0.390. The second-order valence-corrected chi connectivity index (χ2v) is 10.7. The van der Waals surface area contributed by atoms with Crippen molar-refractivity contribution in [2.45, 2.75) is 52.6 Å². The molecule has 3 aromatic carbocycles. The molecule has 1 fully saturated rings. The van der Waals surface area contributed by atoms with Crippen LogP contribution in [0.5, 0.6) is 17.2 Å². The summed E-state index contributed by atoms with van der Waals surface area (Å²) < 4.78 is 16.8. The van der Waals surface area contributed by atoms with Gasteiger partial charge in [-0.2, -0.15) is 0 Å². The smallest absolute Gasteiger partial charge is 0.295 e. The van der Waals surface area contributed by atoms with Gasteiger partial charge in [-0.1, -0.05) is 45.0 Å². The Morgan fingerprint density at radius 3 is 2.23 bits per heavy atom. The summed E-state index contributed by atoms with van der Waals surface area (Å²) in [7, 11) is 1.59. The van der Waals surface area contributed by atoms with Crippen molar-refractivity contribution in [2.75, 3.05) is 20.3 Å². The van der Waals surface area contributed by atoms with E-state index in [1.54, 1.807) is 19.2 Å². The molecule has 7 nitrogen and oxygen atoms in total. The Kier molecular flexibility index (Phi) is 8.52. The molecule has 1 N–H and O–H groups in total. The number of carbonyl (C=O) groups excluding carboxylic acids is 2. The highest BCUT2D eigenvalue weighted by Crippen LogP contribution is 2.42. The Morgan fingerprint density at radius 2 is 1.60 bits per heavy atom. The van der Waals surface area contributed by atoms with E-state index in [2.05, 4.69) is 20.8 Å². The lowest BCUT2D eigenvalue weighted by atomic mass is 9.84. The van der Waals surface area contributed by atoms with Crippen LogP contribution in [-0.4, -0.2) is 42.0 Å². The van der Waals surface area contributed by atoms with Crippen LogP contribution in [0.2, 0.25) is 0 Å². The fourth-order valence-corrected chi connectivity index (χ4v) is 4.96. The molecule has 1 saturated heterocycles. The summed E-state index contributed by atoms with van der Waals surface area (Å²) in [6.07, 6.45) is 0. The maximum atomic E-state index is 13.6. The summed E-state index contributed by atoms with van der Waals surface area (Å²) in [4.78, 5) is 28.6. The lowest BCUT2D eigenvalue weighted by Gasteiger charge is -2.26. The Bertz CT molecular complexity index is 1420. The zero-order valence-corrected chi connectivity index (χ0v) is 24.0. The number of methoxy groups -OCH3 is 1. The van der Waals surface area contributed by atoms with Gasteiger partial charge in [0.15, 0.2) is 0 Å². The molecule has 40 heavy (non-hydrogen) atoms. The van der Waals surface area contributed by atoms with Crippen LogP contribution in [0.4, 0.5) is 0 Å². The van der Waals surface area contributed by atoms with Crippen LogP contribution < -0.4 is 14.2 Å². The molecule has 1 atom stereocenters. The molecule has 210 valence electrons. The lowest BCUT2D eigenvalue weighted by Crippen LogP contribution is -2.29. The Hall–Kier alpha value is -4.26. The van der Waals surface area contributed by atoms with E-state index in [9.17, 15) is 14.7 Å². The van der Waals surface area contributed by atoms with E-state index in [-0.39, 0.29) is 23.3 Å². The van der Waals surface area contributed by atoms with E-state index < -0.39 is 17.7 Å². The van der Waals surface area contributed by atoms with E-state index in [1.807, 2.05) is 68.4 Å². The summed E-state index contributed by atoms with van der Waals surface area (Å²) >= 11 is 0. The first-order valence-electron chi connectivity index (χ1n) is 13.5. The van der Waals surface area contributed by atoms with E-state index in [0.717, 1.165) is 11.1 Å². The number of likely N-dealkylation sites (tertiary alicyclic amines) is 1. The maximum Gasteiger partial charge on any atom is 0.295 e. The minimum absolute atomic E-state index is 0.0381. The normalized spacial score (nSPS) is 16.8. The molecule has 1 unspecified atom stereocenters. The third kappa shape index (κ3) is 5.83. The molecule has 0 saturated carbocycles. The number of carbonyl (C=O) groups is 2. The number of nitrogens with zero attached hydrogens (tertiary/aromatic N) is 1. The minimum atomic E-state index is -0.813. The van der Waals surface area contributed by atoms with E-state index >= 15 is 0 Å². The van der Waals surface area contributed by atoms with Gasteiger partial charge in [-0.15, -0.1) is 0 Å². The zero-order chi connectivity index (χ0) is 29.0. The van der Waals surface area contributed by atoms with Gasteiger partial charge in [0.25, 0.3) is 11.7 Å². The van der Waals surface area contributed by atoms with Gasteiger partial charge < -0.3 is 24.2 Å². The molecule has 1 heterocycles. The summed E-state index contributed by atoms with van der Waals surface area (Å²) in [6.45, 7) is 11.1. The molecular weight excluding hydrogens is 506 g/mol. The van der Waals surface area contributed by atoms with Gasteiger partial charge in [0, 0.05) is 17.7 Å². The van der Waals surface area contributed by atoms with E-state index in [4.69, 9.17) is 14.2 Å². The Morgan fingerprint density at radius 1 is 0.900 bits per heavy atom. The van der Waals surface area contributed by atoms with Crippen molar-refractivity contribution in [1.82, 2.24) is 4.90 Å². The zero-order valence-electron chi connectivity index (χ0n) is 24.0. The van der Waals surface area contributed by atoms with Crippen LogP contribution in [-0.2, 0) is 21.5 Å². The van der Waals surface area contributed by atoms with Crippen molar-refractivity contribution in [3.8, 4) is 17.2 Å². The van der Waals surface area contributed by atoms with Crippen LogP contribution in [0.25, 0.3) is 5.76 Å². The highest BCUT2D eigenvalue weighted by atomic mass is 16.5. The highest BCUT2D eigenvalue weighted by molar-refractivity contribution is 6.46. The molecule has 4 rings (SSSR count). The largest absolute Gasteiger partial charge is 0.507 e. The average molecular weight is 544 g/mol. The van der Waals surface area contributed by atoms with Gasteiger partial charge in [0.05, 0.1) is 31.9 Å². The van der Waals surface area contributed by atoms with Gasteiger partial charge >= 0.3 is 0 Å². The molecule has 1 aliphatic rings. The number of ketones is 1. The molecule has 1 amide bonds. The van der Waals surface area contributed by atoms with Gasteiger partial charge in [-0.05, 0) is 72.9 Å². The monoisotopic (exact) mass is 543 g/mol. The quantitative estimate of drug-likeness (QED) is 0.191. The number of benzene rings is 3. The average Bonchev–Trinajstić information content (AvgIpc) is 3.18. The number of ether oxygens (including phenoxy) is 3. The SMILES string of the molecule is CCOc1cccc(C2/C(=C(\O)c3ccc(OCC)c(C(C)(C)C)c3)C(=O)C(=O)N2Cc2ccc(OC)cc2)c1. The number of rotatable bonds is 9. The van der Waals surface area contributed by atoms with Crippen molar-refractivity contribution < 1.29 is 28.9 Å². The van der Waals surface area contributed by atoms with Gasteiger partial charge in [-0.25, -0.2) is 0 Å². The molecular formula is C33H37NO6. The second-order valence-electron chi connectivity index (χ2n) is 10.7. The lowest BCUT2D eigenvalue weighted by molar-refractivity contribution is -0.140. The summed E-state index contributed by atoms with van der Waals surface area (Å²) in [5.41, 5.74) is 2.58. The van der Waals surface area contributed by atoms with Crippen LogP contribution in [0.15, 0.2) is 72.3 Å². The van der Waals surface area contributed by atoms with Gasteiger partial charge in [0.1, 0.15) is 23.0 Å². The first-order valence-corrected chi connectivity index (χ1v) is 13.5. The van der Waals surface area contributed by atoms with Crippen LogP contribution in [0, 0.1) is 0 Å². The number of Topliss-reactive ketones (excluding diaryl/α,β-unsaturated/α-hetero) is 1. The standard InChI is InChI=1S/C33H37NO6/c1-7-39-25-11-9-10-22(18-25)29-28(30(35)23-14-17-27(40-8-2)26(19-23)33(3,4)5)31(36)32(37)34(29)20-21-12-15-24(38-6)16-13-21/h9-19,29,35H,7-8,20H2,1-6H3/b30-28+. The number of amides is 1. The molecule has 0 bridgehead atoms. The number of hydrogen-bond donors (Lipinski definition) is 1. The molecule has 0 radical (unpaired) electrons. The van der Waals surface area contributed by atoms with Crippen LogP contribution in [0.3, 0.4) is 0 Å². The van der Waals surface area contributed by atoms with Crippen molar-refractivity contribution in [3.05, 3.63) is 94.6 Å². The minimum Gasteiger partial charge on any atom is -0.507 e. The van der Waals surface area contributed by atoms with Gasteiger partial charge in [-0.3, -0.25) is 9.59 Å². The Labute approximate surface area is 236 Å². The summed E-state index contributed by atoms with van der Waals surface area (Å²) in [6, 6.07) is 19.2. The first-order chi connectivity index (χ1) is 19.1. The van der Waals surface area contributed by atoms with Crippen LogP contribution >= 0.6 is 0 Å².